The molecule has 1 heterocycles. The predicted octanol–water partition coefficient (Wildman–Crippen LogP) is 5.01. The molecule has 29 heavy (non-hydrogen) atoms. The highest BCUT2D eigenvalue weighted by Gasteiger charge is 2.40. The van der Waals surface area contributed by atoms with E-state index < -0.39 is 0 Å². The number of hydrogen-bond donors (Lipinski definition) is 1. The standard InChI is InChI=1S/C25H22N2O2/c1-16-9-11-21(12-10-16)27-24(28)22(19-7-5-4-6-8-19)23(25(27)29)26-20-14-17(2)13-18(3)15-20/h4-15,26H,1-3H3. The second kappa shape index (κ2) is 7.40. The fourth-order valence-electron chi connectivity index (χ4n) is 3.64. The van der Waals surface area contributed by atoms with Gasteiger partial charge in [0.1, 0.15) is 5.70 Å². The summed E-state index contributed by atoms with van der Waals surface area (Å²) >= 11 is 0. The molecule has 4 heteroatoms. The zero-order valence-corrected chi connectivity index (χ0v) is 16.7. The van der Waals surface area contributed by atoms with Gasteiger partial charge in [-0.05, 0) is 61.7 Å². The van der Waals surface area contributed by atoms with E-state index in [4.69, 9.17) is 0 Å². The van der Waals surface area contributed by atoms with Crippen LogP contribution in [0, 0.1) is 20.8 Å². The third kappa shape index (κ3) is 3.57. The van der Waals surface area contributed by atoms with Crippen LogP contribution in [0.5, 0.6) is 0 Å². The van der Waals surface area contributed by atoms with Crippen molar-refractivity contribution in [1.82, 2.24) is 0 Å². The second-order valence-electron chi connectivity index (χ2n) is 7.40. The molecule has 0 bridgehead atoms. The van der Waals surface area contributed by atoms with Crippen molar-refractivity contribution in [2.24, 2.45) is 0 Å². The van der Waals surface area contributed by atoms with Crippen molar-refractivity contribution >= 4 is 28.8 Å². The molecule has 0 fully saturated rings. The lowest BCUT2D eigenvalue weighted by molar-refractivity contribution is -0.120. The number of carbonyl (C=O) groups excluding carboxylic acids is 2. The Kier molecular flexibility index (Phi) is 4.77. The molecule has 0 saturated heterocycles. The first-order chi connectivity index (χ1) is 13.9. The largest absolute Gasteiger partial charge is 0.350 e. The molecule has 3 aromatic rings. The molecule has 0 saturated carbocycles. The summed E-state index contributed by atoms with van der Waals surface area (Å²) < 4.78 is 0. The molecule has 144 valence electrons. The van der Waals surface area contributed by atoms with Crippen LogP contribution in [-0.4, -0.2) is 11.8 Å². The van der Waals surface area contributed by atoms with Crippen molar-refractivity contribution in [3.8, 4) is 0 Å². The number of benzene rings is 3. The molecule has 0 spiro atoms. The van der Waals surface area contributed by atoms with Crippen LogP contribution in [0.15, 0.2) is 78.5 Å². The van der Waals surface area contributed by atoms with Gasteiger partial charge in [0.05, 0.1) is 11.3 Å². The molecule has 0 aromatic heterocycles. The average Bonchev–Trinajstić information content (AvgIpc) is 2.92. The van der Waals surface area contributed by atoms with Crippen LogP contribution >= 0.6 is 0 Å². The van der Waals surface area contributed by atoms with Crippen LogP contribution in [0.25, 0.3) is 5.57 Å². The van der Waals surface area contributed by atoms with E-state index >= 15 is 0 Å². The first-order valence-corrected chi connectivity index (χ1v) is 9.54. The van der Waals surface area contributed by atoms with E-state index in [2.05, 4.69) is 11.4 Å². The van der Waals surface area contributed by atoms with E-state index in [0.29, 0.717) is 22.5 Å². The lowest BCUT2D eigenvalue weighted by Crippen LogP contribution is -2.32. The van der Waals surface area contributed by atoms with E-state index in [-0.39, 0.29) is 11.8 Å². The van der Waals surface area contributed by atoms with Gasteiger partial charge in [0.2, 0.25) is 0 Å². The molecule has 2 amide bonds. The van der Waals surface area contributed by atoms with Gasteiger partial charge in [0.15, 0.2) is 0 Å². The summed E-state index contributed by atoms with van der Waals surface area (Å²) in [6, 6.07) is 22.7. The Bertz CT molecular complexity index is 1110. The van der Waals surface area contributed by atoms with E-state index in [9.17, 15) is 9.59 Å². The first-order valence-electron chi connectivity index (χ1n) is 9.54. The summed E-state index contributed by atoms with van der Waals surface area (Å²) in [5.74, 6) is -0.672. The molecule has 0 aliphatic carbocycles. The Morgan fingerprint density at radius 2 is 1.31 bits per heavy atom. The minimum atomic E-state index is -0.350. The molecule has 3 aromatic carbocycles. The lowest BCUT2D eigenvalue weighted by atomic mass is 10.0. The van der Waals surface area contributed by atoms with Gasteiger partial charge in [-0.25, -0.2) is 4.90 Å². The van der Waals surface area contributed by atoms with Crippen molar-refractivity contribution < 1.29 is 9.59 Å². The SMILES string of the molecule is Cc1ccc(N2C(=O)C(Nc3cc(C)cc(C)c3)=C(c3ccccc3)C2=O)cc1. The maximum absolute atomic E-state index is 13.3. The number of imide groups is 1. The zero-order chi connectivity index (χ0) is 20.5. The van der Waals surface area contributed by atoms with Crippen molar-refractivity contribution in [2.45, 2.75) is 20.8 Å². The normalized spacial score (nSPS) is 14.0. The van der Waals surface area contributed by atoms with Crippen LogP contribution in [0.4, 0.5) is 11.4 Å². The number of nitrogens with one attached hydrogen (secondary N) is 1. The Balaban J connectivity index is 1.82. The fourth-order valence-corrected chi connectivity index (χ4v) is 3.64. The van der Waals surface area contributed by atoms with Crippen LogP contribution in [0.1, 0.15) is 22.3 Å². The zero-order valence-electron chi connectivity index (χ0n) is 16.7. The molecular formula is C25H22N2O2. The molecule has 1 aliphatic rings. The lowest BCUT2D eigenvalue weighted by Gasteiger charge is -2.16. The van der Waals surface area contributed by atoms with Crippen molar-refractivity contribution in [3.63, 3.8) is 0 Å². The van der Waals surface area contributed by atoms with Gasteiger partial charge in [0.25, 0.3) is 11.8 Å². The van der Waals surface area contributed by atoms with Crippen LogP contribution in [0.3, 0.4) is 0 Å². The van der Waals surface area contributed by atoms with E-state index in [1.807, 2.05) is 75.4 Å². The molecule has 1 aliphatic heterocycles. The molecule has 4 nitrogen and oxygen atoms in total. The van der Waals surface area contributed by atoms with E-state index in [1.54, 1.807) is 12.1 Å². The second-order valence-corrected chi connectivity index (χ2v) is 7.40. The van der Waals surface area contributed by atoms with Gasteiger partial charge >= 0.3 is 0 Å². The Morgan fingerprint density at radius 3 is 1.93 bits per heavy atom. The molecular weight excluding hydrogens is 360 g/mol. The predicted molar refractivity (Wildman–Crippen MR) is 117 cm³/mol. The number of hydrogen-bond acceptors (Lipinski definition) is 3. The summed E-state index contributed by atoms with van der Waals surface area (Å²) in [5.41, 5.74) is 5.99. The molecule has 0 atom stereocenters. The molecule has 0 unspecified atom stereocenters. The van der Waals surface area contributed by atoms with Gasteiger partial charge in [-0.2, -0.15) is 0 Å². The van der Waals surface area contributed by atoms with Gasteiger partial charge in [-0.15, -0.1) is 0 Å². The topological polar surface area (TPSA) is 49.4 Å². The number of rotatable bonds is 4. The third-order valence-electron chi connectivity index (χ3n) is 4.93. The molecule has 1 N–H and O–H groups in total. The summed E-state index contributed by atoms with van der Waals surface area (Å²) in [5, 5.41) is 3.23. The number of amides is 2. The third-order valence-corrected chi connectivity index (χ3v) is 4.93. The van der Waals surface area contributed by atoms with Crippen molar-refractivity contribution in [3.05, 3.63) is 101 Å². The highest BCUT2D eigenvalue weighted by Crippen LogP contribution is 2.34. The fraction of sp³-hybridized carbons (Fsp3) is 0.120. The number of aryl methyl sites for hydroxylation is 3. The van der Waals surface area contributed by atoms with Gasteiger partial charge in [-0.3, -0.25) is 9.59 Å². The monoisotopic (exact) mass is 382 g/mol. The quantitative estimate of drug-likeness (QED) is 0.646. The van der Waals surface area contributed by atoms with Gasteiger partial charge in [0, 0.05) is 5.69 Å². The number of nitrogens with zero attached hydrogens (tertiary/aromatic N) is 1. The average molecular weight is 382 g/mol. The maximum atomic E-state index is 13.3. The van der Waals surface area contributed by atoms with Crippen LogP contribution < -0.4 is 10.2 Å². The van der Waals surface area contributed by atoms with E-state index in [1.165, 1.54) is 4.90 Å². The highest BCUT2D eigenvalue weighted by molar-refractivity contribution is 6.46. The molecule has 4 rings (SSSR count). The summed E-state index contributed by atoms with van der Waals surface area (Å²) in [7, 11) is 0. The minimum absolute atomic E-state index is 0.298. The Labute approximate surface area is 170 Å². The molecule has 0 radical (unpaired) electrons. The highest BCUT2D eigenvalue weighted by atomic mass is 16.2. The number of carbonyl (C=O) groups is 2. The Hall–Kier alpha value is -3.66. The van der Waals surface area contributed by atoms with Gasteiger partial charge < -0.3 is 5.32 Å². The minimum Gasteiger partial charge on any atom is -0.350 e. The summed E-state index contributed by atoms with van der Waals surface area (Å²) in [6.45, 7) is 5.98. The van der Waals surface area contributed by atoms with Crippen LogP contribution in [-0.2, 0) is 9.59 Å². The van der Waals surface area contributed by atoms with Crippen molar-refractivity contribution in [1.29, 1.82) is 0 Å². The maximum Gasteiger partial charge on any atom is 0.282 e. The number of anilines is 2. The Morgan fingerprint density at radius 1 is 0.690 bits per heavy atom. The smallest absolute Gasteiger partial charge is 0.282 e. The van der Waals surface area contributed by atoms with Crippen LogP contribution in [0.2, 0.25) is 0 Å². The van der Waals surface area contributed by atoms with E-state index in [0.717, 1.165) is 22.4 Å². The summed E-state index contributed by atoms with van der Waals surface area (Å²) in [4.78, 5) is 27.9. The summed E-state index contributed by atoms with van der Waals surface area (Å²) in [6.07, 6.45) is 0. The van der Waals surface area contributed by atoms with Gasteiger partial charge in [-0.1, -0.05) is 54.1 Å². The first kappa shape index (κ1) is 18.7. The van der Waals surface area contributed by atoms with Crippen molar-refractivity contribution in [2.75, 3.05) is 10.2 Å².